The van der Waals surface area contributed by atoms with E-state index in [1.54, 1.807) is 0 Å². The van der Waals surface area contributed by atoms with Crippen molar-refractivity contribution >= 4 is 0 Å². The van der Waals surface area contributed by atoms with Crippen molar-refractivity contribution in [2.75, 3.05) is 26.7 Å². The highest BCUT2D eigenvalue weighted by Gasteiger charge is 2.18. The first-order chi connectivity index (χ1) is 12.7. The summed E-state index contributed by atoms with van der Waals surface area (Å²) in [6, 6.07) is 0. The Balaban J connectivity index is 3.66. The molecular formula is C25H52N+. The molecule has 156 valence electrons. The molecule has 0 spiro atoms. The van der Waals surface area contributed by atoms with Crippen LogP contribution >= 0.6 is 0 Å². The topological polar surface area (TPSA) is 0 Å². The summed E-state index contributed by atoms with van der Waals surface area (Å²) in [7, 11) is 2.45. The van der Waals surface area contributed by atoms with Crippen LogP contribution in [0.25, 0.3) is 0 Å². The van der Waals surface area contributed by atoms with Gasteiger partial charge in [0.05, 0.1) is 26.7 Å². The van der Waals surface area contributed by atoms with Crippen LogP contribution in [0.15, 0.2) is 12.7 Å². The van der Waals surface area contributed by atoms with Crippen LogP contribution in [-0.2, 0) is 0 Å². The van der Waals surface area contributed by atoms with Crippen LogP contribution < -0.4 is 0 Å². The number of likely N-dealkylation sites (N-methyl/N-ethyl adjacent to an activating group) is 1. The molecule has 0 aromatic rings. The molecule has 1 nitrogen and oxygen atoms in total. The standard InChI is InChI=1S/C25H52N/c1-5-8-10-12-14-16-18-20-22-25-26(4,23-7-3)24-21-19-17-15-13-11-9-6-2/h7H,3,5-6,8-25H2,1-2,4H3/q+1. The van der Waals surface area contributed by atoms with Gasteiger partial charge in [0.2, 0.25) is 0 Å². The maximum Gasteiger partial charge on any atom is 0.0969 e. The number of hydrogen-bond acceptors (Lipinski definition) is 0. The molecule has 0 bridgehead atoms. The van der Waals surface area contributed by atoms with Crippen LogP contribution in [0.1, 0.15) is 123 Å². The molecule has 0 radical (unpaired) electrons. The van der Waals surface area contributed by atoms with Crippen molar-refractivity contribution in [1.29, 1.82) is 0 Å². The second-order valence-electron chi connectivity index (χ2n) is 8.84. The molecule has 0 N–H and O–H groups in total. The Labute approximate surface area is 167 Å². The zero-order valence-electron chi connectivity index (χ0n) is 18.9. The molecule has 26 heavy (non-hydrogen) atoms. The third-order valence-corrected chi connectivity index (χ3v) is 5.92. The predicted molar refractivity (Wildman–Crippen MR) is 121 cm³/mol. The molecule has 0 aromatic heterocycles. The Morgan fingerprint density at radius 2 is 0.846 bits per heavy atom. The maximum absolute atomic E-state index is 4.01. The minimum Gasteiger partial charge on any atom is -0.323 e. The monoisotopic (exact) mass is 366 g/mol. The number of hydrogen-bond donors (Lipinski definition) is 0. The molecule has 1 atom stereocenters. The molecule has 0 aliphatic rings. The summed E-state index contributed by atoms with van der Waals surface area (Å²) in [5.41, 5.74) is 0. The van der Waals surface area contributed by atoms with Crippen molar-refractivity contribution in [1.82, 2.24) is 0 Å². The Kier molecular flexibility index (Phi) is 19.2. The third-order valence-electron chi connectivity index (χ3n) is 5.92. The number of rotatable bonds is 21. The van der Waals surface area contributed by atoms with Crippen molar-refractivity contribution in [3.8, 4) is 0 Å². The van der Waals surface area contributed by atoms with E-state index in [2.05, 4.69) is 33.6 Å². The summed E-state index contributed by atoms with van der Waals surface area (Å²) >= 11 is 0. The largest absolute Gasteiger partial charge is 0.323 e. The minimum atomic E-state index is 1.15. The summed E-state index contributed by atoms with van der Waals surface area (Å²) in [4.78, 5) is 0. The Morgan fingerprint density at radius 1 is 0.538 bits per heavy atom. The summed E-state index contributed by atoms with van der Waals surface area (Å²) in [6.45, 7) is 12.4. The molecule has 0 aliphatic carbocycles. The van der Waals surface area contributed by atoms with Gasteiger partial charge in [0.1, 0.15) is 0 Å². The highest BCUT2D eigenvalue weighted by atomic mass is 15.3. The molecule has 0 heterocycles. The van der Waals surface area contributed by atoms with E-state index in [1.165, 1.54) is 127 Å². The molecule has 0 rings (SSSR count). The maximum atomic E-state index is 4.01. The second-order valence-corrected chi connectivity index (χ2v) is 8.84. The van der Waals surface area contributed by atoms with E-state index in [0.29, 0.717) is 0 Å². The number of unbranched alkanes of at least 4 members (excludes halogenated alkanes) is 15. The van der Waals surface area contributed by atoms with E-state index in [9.17, 15) is 0 Å². The van der Waals surface area contributed by atoms with Crippen molar-refractivity contribution < 1.29 is 4.48 Å². The van der Waals surface area contributed by atoms with Crippen molar-refractivity contribution in [2.24, 2.45) is 0 Å². The van der Waals surface area contributed by atoms with Gasteiger partial charge in [-0.2, -0.15) is 0 Å². The molecular weight excluding hydrogens is 314 g/mol. The van der Waals surface area contributed by atoms with Crippen LogP contribution in [0.2, 0.25) is 0 Å². The normalized spacial score (nSPS) is 13.7. The van der Waals surface area contributed by atoms with E-state index in [1.807, 2.05) is 0 Å². The third kappa shape index (κ3) is 17.1. The van der Waals surface area contributed by atoms with Crippen molar-refractivity contribution in [2.45, 2.75) is 123 Å². The van der Waals surface area contributed by atoms with Gasteiger partial charge in [0.15, 0.2) is 0 Å². The smallest absolute Gasteiger partial charge is 0.0969 e. The Morgan fingerprint density at radius 3 is 1.15 bits per heavy atom. The molecule has 0 saturated carbocycles. The minimum absolute atomic E-state index is 1.15. The van der Waals surface area contributed by atoms with E-state index < -0.39 is 0 Å². The average molecular weight is 367 g/mol. The lowest BCUT2D eigenvalue weighted by Gasteiger charge is -2.34. The van der Waals surface area contributed by atoms with Crippen LogP contribution in [-0.4, -0.2) is 31.2 Å². The lowest BCUT2D eigenvalue weighted by Crippen LogP contribution is -2.45. The van der Waals surface area contributed by atoms with Gasteiger partial charge >= 0.3 is 0 Å². The van der Waals surface area contributed by atoms with Gasteiger partial charge in [-0.05, 0) is 31.8 Å². The van der Waals surface area contributed by atoms with Crippen LogP contribution in [0.4, 0.5) is 0 Å². The van der Waals surface area contributed by atoms with Gasteiger partial charge in [0.25, 0.3) is 0 Å². The fourth-order valence-corrected chi connectivity index (χ4v) is 4.04. The first kappa shape index (κ1) is 25.7. The highest BCUT2D eigenvalue weighted by molar-refractivity contribution is 4.65. The molecule has 0 saturated heterocycles. The number of quaternary nitrogens is 1. The van der Waals surface area contributed by atoms with Gasteiger partial charge in [-0.15, -0.1) is 0 Å². The van der Waals surface area contributed by atoms with Crippen LogP contribution in [0.5, 0.6) is 0 Å². The molecule has 1 heteroatoms. The average Bonchev–Trinajstić information content (AvgIpc) is 2.63. The van der Waals surface area contributed by atoms with Gasteiger partial charge in [0, 0.05) is 0 Å². The van der Waals surface area contributed by atoms with Crippen molar-refractivity contribution in [3.63, 3.8) is 0 Å². The molecule has 1 unspecified atom stereocenters. The molecule has 0 fully saturated rings. The summed E-state index contributed by atoms with van der Waals surface area (Å²) in [5.74, 6) is 0. The quantitative estimate of drug-likeness (QED) is 0.109. The SMILES string of the molecule is C=CC[N+](C)(CCCCCCCCCC)CCCCCCCCCCC. The van der Waals surface area contributed by atoms with E-state index >= 15 is 0 Å². The zero-order chi connectivity index (χ0) is 19.3. The van der Waals surface area contributed by atoms with Crippen LogP contribution in [0.3, 0.4) is 0 Å². The summed E-state index contributed by atoms with van der Waals surface area (Å²) in [6.07, 6.45) is 26.4. The Hall–Kier alpha value is -0.300. The van der Waals surface area contributed by atoms with E-state index in [0.717, 1.165) is 6.54 Å². The summed E-state index contributed by atoms with van der Waals surface area (Å²) < 4.78 is 1.22. The van der Waals surface area contributed by atoms with Crippen molar-refractivity contribution in [3.05, 3.63) is 12.7 Å². The molecule has 0 amide bonds. The second kappa shape index (κ2) is 19.5. The lowest BCUT2D eigenvalue weighted by molar-refractivity contribution is -0.904. The molecule has 0 aromatic carbocycles. The van der Waals surface area contributed by atoms with E-state index in [4.69, 9.17) is 0 Å². The fraction of sp³-hybridized carbons (Fsp3) is 0.920. The predicted octanol–water partition coefficient (Wildman–Crippen LogP) is 8.29. The molecule has 0 aliphatic heterocycles. The number of nitrogens with zero attached hydrogens (tertiary/aromatic N) is 1. The Bertz CT molecular complexity index is 286. The first-order valence-corrected chi connectivity index (χ1v) is 12.1. The lowest BCUT2D eigenvalue weighted by atomic mass is 10.1. The van der Waals surface area contributed by atoms with Gasteiger partial charge in [-0.25, -0.2) is 0 Å². The van der Waals surface area contributed by atoms with Gasteiger partial charge in [-0.1, -0.05) is 104 Å². The summed E-state index contributed by atoms with van der Waals surface area (Å²) in [5, 5.41) is 0. The fourth-order valence-electron chi connectivity index (χ4n) is 4.04. The highest BCUT2D eigenvalue weighted by Crippen LogP contribution is 2.15. The zero-order valence-corrected chi connectivity index (χ0v) is 18.9. The van der Waals surface area contributed by atoms with E-state index in [-0.39, 0.29) is 0 Å². The first-order valence-electron chi connectivity index (χ1n) is 12.1. The van der Waals surface area contributed by atoms with Gasteiger partial charge < -0.3 is 4.48 Å². The van der Waals surface area contributed by atoms with Crippen LogP contribution in [0, 0.1) is 0 Å². The van der Waals surface area contributed by atoms with Gasteiger partial charge in [-0.3, -0.25) is 0 Å².